The molecular formula is C22H22ClFN4O2. The fourth-order valence-corrected chi connectivity index (χ4v) is 3.74. The van der Waals surface area contributed by atoms with Crippen molar-refractivity contribution in [3.05, 3.63) is 87.6 Å². The number of nitrogens with one attached hydrogen (secondary N) is 1. The zero-order valence-corrected chi connectivity index (χ0v) is 17.1. The monoisotopic (exact) mass is 428 g/mol. The van der Waals surface area contributed by atoms with Crippen molar-refractivity contribution in [1.29, 1.82) is 0 Å². The highest BCUT2D eigenvalue weighted by Gasteiger charge is 2.23. The number of aromatic nitrogens is 2. The first-order chi connectivity index (χ1) is 14.6. The number of benzene rings is 2. The number of morpholine rings is 1. The molecule has 2 heterocycles. The molecule has 0 saturated carbocycles. The summed E-state index contributed by atoms with van der Waals surface area (Å²) in [4.78, 5) is 15.0. The SMILES string of the molecule is O=c1c(Cl)c(NCC(c2ccc(F)cc2)N2CCOCC2)cnn1-c1ccccc1. The van der Waals surface area contributed by atoms with E-state index >= 15 is 0 Å². The van der Waals surface area contributed by atoms with Gasteiger partial charge in [-0.05, 0) is 29.8 Å². The molecular weight excluding hydrogens is 407 g/mol. The molecule has 1 saturated heterocycles. The van der Waals surface area contributed by atoms with E-state index in [1.807, 2.05) is 18.2 Å². The highest BCUT2D eigenvalue weighted by atomic mass is 35.5. The lowest BCUT2D eigenvalue weighted by molar-refractivity contribution is 0.0187. The van der Waals surface area contributed by atoms with E-state index in [0.29, 0.717) is 31.1 Å². The predicted octanol–water partition coefficient (Wildman–Crippen LogP) is 3.51. The Morgan fingerprint density at radius 3 is 2.50 bits per heavy atom. The fourth-order valence-electron chi connectivity index (χ4n) is 3.55. The van der Waals surface area contributed by atoms with Gasteiger partial charge in [-0.15, -0.1) is 0 Å². The van der Waals surface area contributed by atoms with Crippen molar-refractivity contribution in [1.82, 2.24) is 14.7 Å². The first-order valence-corrected chi connectivity index (χ1v) is 10.2. The van der Waals surface area contributed by atoms with Crippen molar-refractivity contribution in [3.8, 4) is 5.69 Å². The van der Waals surface area contributed by atoms with Crippen LogP contribution in [-0.2, 0) is 4.74 Å². The summed E-state index contributed by atoms with van der Waals surface area (Å²) in [6, 6.07) is 15.6. The molecule has 156 valence electrons. The number of hydrogen-bond donors (Lipinski definition) is 1. The van der Waals surface area contributed by atoms with Gasteiger partial charge in [0.15, 0.2) is 0 Å². The molecule has 30 heavy (non-hydrogen) atoms. The second-order valence-corrected chi connectivity index (χ2v) is 7.40. The summed E-state index contributed by atoms with van der Waals surface area (Å²) in [5.74, 6) is -0.274. The summed E-state index contributed by atoms with van der Waals surface area (Å²) in [6.45, 7) is 3.32. The minimum absolute atomic E-state index is 0.0258. The number of rotatable bonds is 6. The summed E-state index contributed by atoms with van der Waals surface area (Å²) >= 11 is 6.37. The second kappa shape index (κ2) is 9.38. The molecule has 1 unspecified atom stereocenters. The van der Waals surface area contributed by atoms with E-state index in [9.17, 15) is 9.18 Å². The molecule has 1 aliphatic heterocycles. The number of hydrogen-bond acceptors (Lipinski definition) is 5. The quantitative estimate of drug-likeness (QED) is 0.651. The van der Waals surface area contributed by atoms with Crippen LogP contribution < -0.4 is 10.9 Å². The van der Waals surface area contributed by atoms with E-state index in [1.165, 1.54) is 16.8 Å². The minimum Gasteiger partial charge on any atom is -0.380 e. The molecule has 3 aromatic rings. The van der Waals surface area contributed by atoms with Gasteiger partial charge in [-0.25, -0.2) is 4.39 Å². The topological polar surface area (TPSA) is 59.4 Å². The van der Waals surface area contributed by atoms with Crippen LogP contribution in [0.1, 0.15) is 11.6 Å². The molecule has 0 aliphatic carbocycles. The zero-order chi connectivity index (χ0) is 20.9. The molecule has 1 fully saturated rings. The van der Waals surface area contributed by atoms with Gasteiger partial charge in [0.1, 0.15) is 10.8 Å². The highest BCUT2D eigenvalue weighted by molar-refractivity contribution is 6.32. The average molecular weight is 429 g/mol. The Kier molecular flexibility index (Phi) is 6.42. The van der Waals surface area contributed by atoms with Crippen LogP contribution in [0.3, 0.4) is 0 Å². The van der Waals surface area contributed by atoms with E-state index in [1.54, 1.807) is 30.5 Å². The van der Waals surface area contributed by atoms with Crippen LogP contribution in [0.15, 0.2) is 65.6 Å². The number of nitrogens with zero attached hydrogens (tertiary/aromatic N) is 3. The molecule has 2 aromatic carbocycles. The molecule has 1 N–H and O–H groups in total. The van der Waals surface area contributed by atoms with Crippen molar-refractivity contribution in [2.75, 3.05) is 38.2 Å². The first-order valence-electron chi connectivity index (χ1n) is 9.78. The van der Waals surface area contributed by atoms with Gasteiger partial charge in [-0.2, -0.15) is 9.78 Å². The van der Waals surface area contributed by atoms with Crippen LogP contribution in [-0.4, -0.2) is 47.5 Å². The predicted molar refractivity (Wildman–Crippen MR) is 115 cm³/mol. The molecule has 0 amide bonds. The van der Waals surface area contributed by atoms with Gasteiger partial charge in [0.2, 0.25) is 0 Å². The van der Waals surface area contributed by atoms with Crippen LogP contribution >= 0.6 is 11.6 Å². The van der Waals surface area contributed by atoms with E-state index in [4.69, 9.17) is 16.3 Å². The summed E-state index contributed by atoms with van der Waals surface area (Å²) in [5.41, 5.74) is 1.70. The van der Waals surface area contributed by atoms with Gasteiger partial charge in [-0.3, -0.25) is 9.69 Å². The molecule has 0 bridgehead atoms. The van der Waals surface area contributed by atoms with Gasteiger partial charge in [0.05, 0.1) is 36.8 Å². The van der Waals surface area contributed by atoms with Gasteiger partial charge >= 0.3 is 0 Å². The van der Waals surface area contributed by atoms with Crippen molar-refractivity contribution in [3.63, 3.8) is 0 Å². The number of para-hydroxylation sites is 1. The Balaban J connectivity index is 1.56. The molecule has 6 nitrogen and oxygen atoms in total. The number of ether oxygens (including phenoxy) is 1. The van der Waals surface area contributed by atoms with E-state index in [0.717, 1.165) is 18.7 Å². The van der Waals surface area contributed by atoms with Crippen molar-refractivity contribution in [2.45, 2.75) is 6.04 Å². The minimum atomic E-state index is -0.391. The standard InChI is InChI=1S/C22H22ClFN4O2/c23-21-19(14-26-28(22(21)29)18-4-2-1-3-5-18)25-15-20(27-10-12-30-13-11-27)16-6-8-17(24)9-7-16/h1-9,14,20,25H,10-13,15H2. The Labute approximate surface area is 178 Å². The van der Waals surface area contributed by atoms with Crippen LogP contribution in [0, 0.1) is 5.82 Å². The maximum absolute atomic E-state index is 13.4. The van der Waals surface area contributed by atoms with E-state index in [2.05, 4.69) is 15.3 Å². The third-order valence-corrected chi connectivity index (χ3v) is 5.51. The molecule has 1 aliphatic rings. The summed E-state index contributed by atoms with van der Waals surface area (Å²) in [7, 11) is 0. The normalized spacial score (nSPS) is 15.7. The summed E-state index contributed by atoms with van der Waals surface area (Å²) in [5, 5.41) is 7.59. The third-order valence-electron chi connectivity index (χ3n) is 5.15. The van der Waals surface area contributed by atoms with Crippen molar-refractivity contribution >= 4 is 17.3 Å². The Morgan fingerprint density at radius 2 is 1.80 bits per heavy atom. The largest absolute Gasteiger partial charge is 0.380 e. The lowest BCUT2D eigenvalue weighted by Gasteiger charge is -2.35. The third kappa shape index (κ3) is 4.53. The fraction of sp³-hybridized carbons (Fsp3) is 0.273. The van der Waals surface area contributed by atoms with E-state index in [-0.39, 0.29) is 16.9 Å². The van der Waals surface area contributed by atoms with Gasteiger partial charge in [0, 0.05) is 19.6 Å². The molecule has 1 aromatic heterocycles. The highest BCUT2D eigenvalue weighted by Crippen LogP contribution is 2.24. The summed E-state index contributed by atoms with van der Waals surface area (Å²) in [6.07, 6.45) is 1.55. The van der Waals surface area contributed by atoms with Crippen molar-refractivity contribution in [2.24, 2.45) is 0 Å². The Hall–Kier alpha value is -2.74. The maximum Gasteiger partial charge on any atom is 0.292 e. The average Bonchev–Trinajstić information content (AvgIpc) is 2.79. The lowest BCUT2D eigenvalue weighted by atomic mass is 10.0. The molecule has 8 heteroatoms. The smallest absolute Gasteiger partial charge is 0.292 e. The lowest BCUT2D eigenvalue weighted by Crippen LogP contribution is -2.41. The van der Waals surface area contributed by atoms with Crippen LogP contribution in [0.2, 0.25) is 5.02 Å². The maximum atomic E-state index is 13.4. The number of halogens is 2. The van der Waals surface area contributed by atoms with Crippen LogP contribution in [0.4, 0.5) is 10.1 Å². The Bertz CT molecular complexity index is 1040. The zero-order valence-electron chi connectivity index (χ0n) is 16.3. The molecule has 0 radical (unpaired) electrons. The number of anilines is 1. The first kappa shape index (κ1) is 20.5. The molecule has 0 spiro atoms. The van der Waals surface area contributed by atoms with Crippen LogP contribution in [0.25, 0.3) is 5.69 Å². The van der Waals surface area contributed by atoms with Gasteiger partial charge in [0.25, 0.3) is 5.56 Å². The van der Waals surface area contributed by atoms with Gasteiger partial charge in [-0.1, -0.05) is 41.9 Å². The summed E-state index contributed by atoms with van der Waals surface area (Å²) < 4.78 is 20.1. The Morgan fingerprint density at radius 1 is 1.10 bits per heavy atom. The molecule has 4 rings (SSSR count). The second-order valence-electron chi connectivity index (χ2n) is 7.02. The van der Waals surface area contributed by atoms with Crippen molar-refractivity contribution < 1.29 is 9.13 Å². The van der Waals surface area contributed by atoms with Gasteiger partial charge < -0.3 is 10.1 Å². The van der Waals surface area contributed by atoms with Crippen LogP contribution in [0.5, 0.6) is 0 Å². The molecule has 1 atom stereocenters. The van der Waals surface area contributed by atoms with E-state index < -0.39 is 5.56 Å².